The van der Waals surface area contributed by atoms with Crippen molar-refractivity contribution in [3.8, 4) is 5.75 Å². The Bertz CT molecular complexity index is 877. The molecule has 0 bridgehead atoms. The highest BCUT2D eigenvalue weighted by atomic mass is 32.2. The van der Waals surface area contributed by atoms with Gasteiger partial charge in [-0.05, 0) is 31.0 Å². The minimum Gasteiger partial charge on any atom is -0.495 e. The molecule has 0 aliphatic heterocycles. The van der Waals surface area contributed by atoms with Crippen molar-refractivity contribution in [2.45, 2.75) is 38.1 Å². The van der Waals surface area contributed by atoms with E-state index in [0.717, 1.165) is 11.1 Å². The van der Waals surface area contributed by atoms with Crippen LogP contribution in [0.4, 0.5) is 5.69 Å². The lowest BCUT2D eigenvalue weighted by atomic mass is 10.0. The van der Waals surface area contributed by atoms with Gasteiger partial charge in [0.05, 0.1) is 17.7 Å². The number of carbonyl (C=O) groups is 1. The monoisotopic (exact) mass is 376 g/mol. The molecule has 0 radical (unpaired) electrons. The van der Waals surface area contributed by atoms with Gasteiger partial charge in [0.25, 0.3) is 0 Å². The van der Waals surface area contributed by atoms with E-state index in [-0.39, 0.29) is 22.6 Å². The normalized spacial score (nSPS) is 12.5. The van der Waals surface area contributed by atoms with Gasteiger partial charge < -0.3 is 10.1 Å². The van der Waals surface area contributed by atoms with E-state index >= 15 is 0 Å². The van der Waals surface area contributed by atoms with E-state index in [0.29, 0.717) is 12.1 Å². The van der Waals surface area contributed by atoms with Crippen LogP contribution >= 0.6 is 0 Å². The van der Waals surface area contributed by atoms with Crippen LogP contribution in [0.2, 0.25) is 0 Å². The van der Waals surface area contributed by atoms with E-state index in [2.05, 4.69) is 10.0 Å². The van der Waals surface area contributed by atoms with Crippen LogP contribution in [-0.4, -0.2) is 21.4 Å². The maximum absolute atomic E-state index is 12.8. The van der Waals surface area contributed by atoms with E-state index in [9.17, 15) is 13.2 Å². The second-order valence-corrected chi connectivity index (χ2v) is 7.75. The lowest BCUT2D eigenvalue weighted by molar-refractivity contribution is -0.114. The molecule has 1 atom stereocenters. The van der Waals surface area contributed by atoms with Gasteiger partial charge in [-0.2, -0.15) is 0 Å². The highest BCUT2D eigenvalue weighted by Gasteiger charge is 2.22. The zero-order chi connectivity index (χ0) is 19.3. The zero-order valence-corrected chi connectivity index (χ0v) is 16.2. The van der Waals surface area contributed by atoms with Gasteiger partial charge in [0, 0.05) is 19.0 Å². The summed E-state index contributed by atoms with van der Waals surface area (Å²) in [7, 11) is -2.33. The number of hydrogen-bond donors (Lipinski definition) is 2. The highest BCUT2D eigenvalue weighted by molar-refractivity contribution is 7.89. The first-order valence-corrected chi connectivity index (χ1v) is 9.79. The number of hydrogen-bond acceptors (Lipinski definition) is 4. The summed E-state index contributed by atoms with van der Waals surface area (Å²) in [5, 5.41) is 2.61. The van der Waals surface area contributed by atoms with Crippen LogP contribution < -0.4 is 14.8 Å². The van der Waals surface area contributed by atoms with Gasteiger partial charge in [0.15, 0.2) is 0 Å². The quantitative estimate of drug-likeness (QED) is 0.776. The highest BCUT2D eigenvalue weighted by Crippen LogP contribution is 2.29. The maximum Gasteiger partial charge on any atom is 0.241 e. The fourth-order valence-electron chi connectivity index (χ4n) is 2.57. The van der Waals surface area contributed by atoms with Crippen molar-refractivity contribution < 1.29 is 17.9 Å². The molecular formula is C19H24N2O4S. The number of amides is 1. The van der Waals surface area contributed by atoms with Crippen molar-refractivity contribution in [3.63, 3.8) is 0 Å². The standard InChI is InChI=1S/C19H24N2O4S/c1-5-17(15-8-6-13(2)7-9-15)21-26(23,24)16-10-11-18(20-14(3)22)19(12-16)25-4/h6-12,17,21H,5H2,1-4H3,(H,20,22)/t17-/m1/s1. The number of anilines is 1. The van der Waals surface area contributed by atoms with Gasteiger partial charge >= 0.3 is 0 Å². The molecule has 140 valence electrons. The number of sulfonamides is 1. The van der Waals surface area contributed by atoms with Crippen molar-refractivity contribution in [1.82, 2.24) is 4.72 Å². The number of nitrogens with one attached hydrogen (secondary N) is 2. The molecule has 6 nitrogen and oxygen atoms in total. The molecule has 0 aromatic heterocycles. The van der Waals surface area contributed by atoms with E-state index < -0.39 is 10.0 Å². The van der Waals surface area contributed by atoms with Gasteiger partial charge in [-0.25, -0.2) is 13.1 Å². The summed E-state index contributed by atoms with van der Waals surface area (Å²) >= 11 is 0. The molecule has 0 unspecified atom stereocenters. The molecule has 0 fully saturated rings. The Morgan fingerprint density at radius 3 is 2.35 bits per heavy atom. The average molecular weight is 376 g/mol. The number of methoxy groups -OCH3 is 1. The Labute approximate surface area is 154 Å². The van der Waals surface area contributed by atoms with E-state index in [4.69, 9.17) is 4.74 Å². The topological polar surface area (TPSA) is 84.5 Å². The summed E-state index contributed by atoms with van der Waals surface area (Å²) in [6.07, 6.45) is 0.614. The molecule has 0 spiro atoms. The molecular weight excluding hydrogens is 352 g/mol. The van der Waals surface area contributed by atoms with Crippen molar-refractivity contribution in [2.24, 2.45) is 0 Å². The van der Waals surface area contributed by atoms with Crippen molar-refractivity contribution >= 4 is 21.6 Å². The second-order valence-electron chi connectivity index (χ2n) is 6.04. The fourth-order valence-corrected chi connectivity index (χ4v) is 3.90. The lowest BCUT2D eigenvalue weighted by Gasteiger charge is -2.18. The first-order valence-electron chi connectivity index (χ1n) is 8.31. The molecule has 0 aliphatic carbocycles. The molecule has 2 rings (SSSR count). The van der Waals surface area contributed by atoms with E-state index in [1.54, 1.807) is 0 Å². The van der Waals surface area contributed by atoms with Crippen LogP contribution in [0.25, 0.3) is 0 Å². The molecule has 2 N–H and O–H groups in total. The number of ether oxygens (including phenoxy) is 1. The Morgan fingerprint density at radius 1 is 1.15 bits per heavy atom. The van der Waals surface area contributed by atoms with Crippen molar-refractivity contribution in [2.75, 3.05) is 12.4 Å². The molecule has 0 heterocycles. The minimum absolute atomic E-state index is 0.0778. The summed E-state index contributed by atoms with van der Waals surface area (Å²) < 4.78 is 33.5. The summed E-state index contributed by atoms with van der Waals surface area (Å²) in [6, 6.07) is 11.8. The number of benzene rings is 2. The van der Waals surface area contributed by atoms with Gasteiger partial charge in [-0.15, -0.1) is 0 Å². The molecule has 0 aliphatic rings. The van der Waals surface area contributed by atoms with Crippen LogP contribution in [0.1, 0.15) is 37.4 Å². The largest absolute Gasteiger partial charge is 0.495 e. The molecule has 0 saturated carbocycles. The Hall–Kier alpha value is -2.38. The molecule has 0 saturated heterocycles. The predicted molar refractivity (Wildman–Crippen MR) is 102 cm³/mol. The summed E-state index contributed by atoms with van der Waals surface area (Å²) in [5.41, 5.74) is 2.44. The summed E-state index contributed by atoms with van der Waals surface area (Å²) in [5.74, 6) is 0.0221. The number of aryl methyl sites for hydroxylation is 1. The SMILES string of the molecule is CC[C@@H](NS(=O)(=O)c1ccc(NC(C)=O)c(OC)c1)c1ccc(C)cc1. The summed E-state index contributed by atoms with van der Waals surface area (Å²) in [6.45, 7) is 5.28. The fraction of sp³-hybridized carbons (Fsp3) is 0.316. The second kappa shape index (κ2) is 8.33. The minimum atomic E-state index is -3.75. The Balaban J connectivity index is 2.30. The average Bonchev–Trinajstić information content (AvgIpc) is 2.60. The first kappa shape index (κ1) is 19.9. The first-order chi connectivity index (χ1) is 12.3. The van der Waals surface area contributed by atoms with E-state index in [1.165, 1.54) is 32.2 Å². The molecule has 2 aromatic carbocycles. The summed E-state index contributed by atoms with van der Waals surface area (Å²) in [4.78, 5) is 11.3. The van der Waals surface area contributed by atoms with Crippen molar-refractivity contribution in [1.29, 1.82) is 0 Å². The van der Waals surface area contributed by atoms with Gasteiger partial charge in [-0.1, -0.05) is 36.8 Å². The third kappa shape index (κ3) is 4.83. The van der Waals surface area contributed by atoms with Gasteiger partial charge in [-0.3, -0.25) is 4.79 Å². The number of rotatable bonds is 7. The molecule has 2 aromatic rings. The predicted octanol–water partition coefficient (Wildman–Crippen LogP) is 3.39. The zero-order valence-electron chi connectivity index (χ0n) is 15.4. The number of carbonyl (C=O) groups excluding carboxylic acids is 1. The van der Waals surface area contributed by atoms with Crippen LogP contribution in [0.5, 0.6) is 5.75 Å². The maximum atomic E-state index is 12.8. The smallest absolute Gasteiger partial charge is 0.241 e. The molecule has 26 heavy (non-hydrogen) atoms. The van der Waals surface area contributed by atoms with Crippen LogP contribution in [-0.2, 0) is 14.8 Å². The third-order valence-corrected chi connectivity index (χ3v) is 5.45. The lowest BCUT2D eigenvalue weighted by Crippen LogP contribution is -2.28. The molecule has 7 heteroatoms. The van der Waals surface area contributed by atoms with Gasteiger partial charge in [0.2, 0.25) is 15.9 Å². The van der Waals surface area contributed by atoms with Crippen LogP contribution in [0.15, 0.2) is 47.4 Å². The van der Waals surface area contributed by atoms with Gasteiger partial charge in [0.1, 0.15) is 5.75 Å². The van der Waals surface area contributed by atoms with Crippen molar-refractivity contribution in [3.05, 3.63) is 53.6 Å². The van der Waals surface area contributed by atoms with Crippen LogP contribution in [0, 0.1) is 6.92 Å². The van der Waals surface area contributed by atoms with E-state index in [1.807, 2.05) is 38.1 Å². The third-order valence-electron chi connectivity index (χ3n) is 3.98. The molecule has 1 amide bonds. The Morgan fingerprint density at radius 2 is 1.81 bits per heavy atom. The van der Waals surface area contributed by atoms with Crippen LogP contribution in [0.3, 0.4) is 0 Å². The Kier molecular flexibility index (Phi) is 6.39.